The predicted octanol–water partition coefficient (Wildman–Crippen LogP) is 3.59. The second kappa shape index (κ2) is 5.78. The number of aromatic nitrogens is 2. The first-order valence-electron chi connectivity index (χ1n) is 6.53. The molecule has 0 aliphatic heterocycles. The van der Waals surface area contributed by atoms with Gasteiger partial charge in [0.25, 0.3) is 0 Å². The van der Waals surface area contributed by atoms with E-state index in [2.05, 4.69) is 22.2 Å². The molecule has 0 amide bonds. The summed E-state index contributed by atoms with van der Waals surface area (Å²) >= 11 is 0. The van der Waals surface area contributed by atoms with Crippen molar-refractivity contribution in [3.63, 3.8) is 0 Å². The Morgan fingerprint density at radius 2 is 1.79 bits per heavy atom. The van der Waals surface area contributed by atoms with Crippen LogP contribution >= 0.6 is 0 Å². The number of rotatable bonds is 4. The summed E-state index contributed by atoms with van der Waals surface area (Å²) < 4.78 is 13.8. The lowest BCUT2D eigenvalue weighted by molar-refractivity contribution is 0.606. The smallest absolute Gasteiger partial charge is 0.186 e. The molecule has 1 aromatic carbocycles. The van der Waals surface area contributed by atoms with Crippen molar-refractivity contribution >= 4 is 5.82 Å². The molecule has 2 aromatic rings. The van der Waals surface area contributed by atoms with Crippen LogP contribution in [0, 0.1) is 12.7 Å². The third-order valence-electron chi connectivity index (χ3n) is 2.98. The first-order valence-corrected chi connectivity index (χ1v) is 6.53. The molecule has 3 nitrogen and oxygen atoms in total. The molecule has 0 fully saturated rings. The van der Waals surface area contributed by atoms with Gasteiger partial charge in [0, 0.05) is 12.1 Å². The molecular weight excluding hydrogens is 241 g/mol. The lowest BCUT2D eigenvalue weighted by atomic mass is 10.1. The maximum absolute atomic E-state index is 13.8. The summed E-state index contributed by atoms with van der Waals surface area (Å²) in [6.07, 6.45) is 0.992. The summed E-state index contributed by atoms with van der Waals surface area (Å²) in [7, 11) is 0. The molecule has 0 saturated carbocycles. The molecule has 0 aliphatic carbocycles. The van der Waals surface area contributed by atoms with Crippen molar-refractivity contribution in [3.8, 4) is 11.4 Å². The Morgan fingerprint density at radius 1 is 1.11 bits per heavy atom. The Hall–Kier alpha value is -1.97. The minimum absolute atomic E-state index is 0.268. The van der Waals surface area contributed by atoms with Crippen molar-refractivity contribution in [2.75, 3.05) is 11.9 Å². The van der Waals surface area contributed by atoms with Crippen LogP contribution in [0.1, 0.15) is 25.1 Å². The fourth-order valence-electron chi connectivity index (χ4n) is 1.86. The monoisotopic (exact) mass is 259 g/mol. The number of nitrogens with one attached hydrogen (secondary N) is 1. The van der Waals surface area contributed by atoms with Crippen molar-refractivity contribution in [1.29, 1.82) is 0 Å². The van der Waals surface area contributed by atoms with Gasteiger partial charge in [0.15, 0.2) is 17.5 Å². The van der Waals surface area contributed by atoms with Gasteiger partial charge in [0.05, 0.1) is 5.69 Å². The van der Waals surface area contributed by atoms with Crippen LogP contribution in [0.2, 0.25) is 0 Å². The molecule has 0 aliphatic rings. The van der Waals surface area contributed by atoms with Crippen LogP contribution in [0.4, 0.5) is 10.2 Å². The van der Waals surface area contributed by atoms with Crippen LogP contribution in [-0.2, 0) is 6.42 Å². The third kappa shape index (κ3) is 2.89. The SMILES string of the molecule is CCNc1nc(-c2ccc(CC)cc2)nc(C)c1F. The van der Waals surface area contributed by atoms with E-state index in [-0.39, 0.29) is 11.6 Å². The summed E-state index contributed by atoms with van der Waals surface area (Å²) in [6, 6.07) is 8.04. The minimum Gasteiger partial charge on any atom is -0.368 e. The van der Waals surface area contributed by atoms with Gasteiger partial charge in [-0.3, -0.25) is 0 Å². The molecule has 0 spiro atoms. The molecule has 0 unspecified atom stereocenters. The molecule has 0 bridgehead atoms. The van der Waals surface area contributed by atoms with E-state index in [0.29, 0.717) is 18.1 Å². The van der Waals surface area contributed by atoms with E-state index in [9.17, 15) is 4.39 Å². The van der Waals surface area contributed by atoms with Crippen LogP contribution in [0.15, 0.2) is 24.3 Å². The lowest BCUT2D eigenvalue weighted by Gasteiger charge is -2.09. The summed E-state index contributed by atoms with van der Waals surface area (Å²) in [5.41, 5.74) is 2.52. The Balaban J connectivity index is 2.43. The number of hydrogen-bond donors (Lipinski definition) is 1. The van der Waals surface area contributed by atoms with Crippen molar-refractivity contribution < 1.29 is 4.39 Å². The molecule has 1 N–H and O–H groups in total. The molecule has 0 saturated heterocycles. The highest BCUT2D eigenvalue weighted by Crippen LogP contribution is 2.21. The fraction of sp³-hybridized carbons (Fsp3) is 0.333. The average molecular weight is 259 g/mol. The number of benzene rings is 1. The number of halogens is 1. The van der Waals surface area contributed by atoms with Crippen molar-refractivity contribution in [2.45, 2.75) is 27.2 Å². The molecular formula is C15H18FN3. The Labute approximate surface area is 112 Å². The van der Waals surface area contributed by atoms with Crippen molar-refractivity contribution in [3.05, 3.63) is 41.3 Å². The van der Waals surface area contributed by atoms with E-state index >= 15 is 0 Å². The molecule has 0 radical (unpaired) electrons. The number of nitrogens with zero attached hydrogens (tertiary/aromatic N) is 2. The lowest BCUT2D eigenvalue weighted by Crippen LogP contribution is -2.06. The second-order valence-electron chi connectivity index (χ2n) is 4.38. The van der Waals surface area contributed by atoms with Gasteiger partial charge >= 0.3 is 0 Å². The average Bonchev–Trinajstić information content (AvgIpc) is 2.44. The highest BCUT2D eigenvalue weighted by molar-refractivity contribution is 5.58. The van der Waals surface area contributed by atoms with Crippen LogP contribution in [0.5, 0.6) is 0 Å². The van der Waals surface area contributed by atoms with Gasteiger partial charge in [-0.1, -0.05) is 31.2 Å². The minimum atomic E-state index is -0.379. The first kappa shape index (κ1) is 13.5. The highest BCUT2D eigenvalue weighted by atomic mass is 19.1. The normalized spacial score (nSPS) is 10.5. The zero-order chi connectivity index (χ0) is 13.8. The Bertz CT molecular complexity index is 564. The predicted molar refractivity (Wildman–Crippen MR) is 75.7 cm³/mol. The van der Waals surface area contributed by atoms with Crippen LogP contribution < -0.4 is 5.32 Å². The standard InChI is InChI=1S/C15H18FN3/c1-4-11-6-8-12(9-7-11)14-18-10(3)13(16)15(19-14)17-5-2/h6-9H,4-5H2,1-3H3,(H,17,18,19). The number of hydrogen-bond acceptors (Lipinski definition) is 3. The van der Waals surface area contributed by atoms with E-state index in [1.807, 2.05) is 31.2 Å². The van der Waals surface area contributed by atoms with Crippen molar-refractivity contribution in [1.82, 2.24) is 9.97 Å². The topological polar surface area (TPSA) is 37.8 Å². The maximum atomic E-state index is 13.8. The summed E-state index contributed by atoms with van der Waals surface area (Å²) in [4.78, 5) is 8.47. The number of aryl methyl sites for hydroxylation is 2. The van der Waals surface area contributed by atoms with Gasteiger partial charge in [0.2, 0.25) is 0 Å². The zero-order valence-corrected chi connectivity index (χ0v) is 11.5. The quantitative estimate of drug-likeness (QED) is 0.911. The first-order chi connectivity index (χ1) is 9.15. The zero-order valence-electron chi connectivity index (χ0n) is 11.5. The third-order valence-corrected chi connectivity index (χ3v) is 2.98. The molecule has 2 rings (SSSR count). The fourth-order valence-corrected chi connectivity index (χ4v) is 1.86. The van der Waals surface area contributed by atoms with Gasteiger partial charge in [0.1, 0.15) is 0 Å². The van der Waals surface area contributed by atoms with E-state index < -0.39 is 0 Å². The largest absolute Gasteiger partial charge is 0.368 e. The van der Waals surface area contributed by atoms with Crippen LogP contribution in [0.25, 0.3) is 11.4 Å². The second-order valence-corrected chi connectivity index (χ2v) is 4.38. The van der Waals surface area contributed by atoms with Crippen LogP contribution in [-0.4, -0.2) is 16.5 Å². The molecule has 0 atom stereocenters. The number of anilines is 1. The molecule has 19 heavy (non-hydrogen) atoms. The summed E-state index contributed by atoms with van der Waals surface area (Å²) in [5, 5.41) is 2.92. The van der Waals surface area contributed by atoms with Gasteiger partial charge in [-0.15, -0.1) is 0 Å². The maximum Gasteiger partial charge on any atom is 0.186 e. The van der Waals surface area contributed by atoms with Crippen molar-refractivity contribution in [2.24, 2.45) is 0 Å². The van der Waals surface area contributed by atoms with E-state index in [4.69, 9.17) is 0 Å². The van der Waals surface area contributed by atoms with Gasteiger partial charge < -0.3 is 5.32 Å². The molecule has 100 valence electrons. The summed E-state index contributed by atoms with van der Waals surface area (Å²) in [5.74, 6) is 0.442. The van der Waals surface area contributed by atoms with Gasteiger partial charge in [-0.2, -0.15) is 0 Å². The molecule has 1 aromatic heterocycles. The van der Waals surface area contributed by atoms with Gasteiger partial charge in [-0.05, 0) is 25.8 Å². The van der Waals surface area contributed by atoms with E-state index in [0.717, 1.165) is 12.0 Å². The summed E-state index contributed by atoms with van der Waals surface area (Å²) in [6.45, 7) is 6.30. The molecule has 1 heterocycles. The Morgan fingerprint density at radius 3 is 2.37 bits per heavy atom. The van der Waals surface area contributed by atoms with Gasteiger partial charge in [-0.25, -0.2) is 14.4 Å². The van der Waals surface area contributed by atoms with E-state index in [1.54, 1.807) is 6.92 Å². The van der Waals surface area contributed by atoms with Crippen LogP contribution in [0.3, 0.4) is 0 Å². The van der Waals surface area contributed by atoms with E-state index in [1.165, 1.54) is 5.56 Å². The molecule has 4 heteroatoms. The Kier molecular flexibility index (Phi) is 4.10. The highest BCUT2D eigenvalue weighted by Gasteiger charge is 2.11.